The maximum atomic E-state index is 11.2. The number of carbonyl (C=O) groups excluding carboxylic acids is 1. The van der Waals surface area contributed by atoms with Gasteiger partial charge in [0.1, 0.15) is 24.5 Å². The fraction of sp³-hybridized carbons (Fsp3) is 0.692. The normalized spacial score (nSPS) is 25.6. The minimum Gasteiger partial charge on any atom is -0.480 e. The van der Waals surface area contributed by atoms with Crippen molar-refractivity contribution in [3.8, 4) is 11.8 Å². The van der Waals surface area contributed by atoms with Gasteiger partial charge in [-0.3, -0.25) is 9.69 Å². The van der Waals surface area contributed by atoms with Gasteiger partial charge in [0.2, 0.25) is 0 Å². The van der Waals surface area contributed by atoms with Crippen LogP contribution in [0.15, 0.2) is 0 Å². The van der Waals surface area contributed by atoms with Gasteiger partial charge in [0, 0.05) is 40.2 Å². The molecule has 0 fully saturated rings. The molecular weight excluding hydrogens is 250 g/mol. The Bertz CT molecular complexity index is 373. The van der Waals surface area contributed by atoms with Crippen molar-refractivity contribution in [2.75, 3.05) is 27.3 Å². The maximum absolute atomic E-state index is 11.2. The molecule has 1 aliphatic rings. The minimum atomic E-state index is -1.01. The highest BCUT2D eigenvalue weighted by Gasteiger charge is 2.30. The Kier molecular flexibility index (Phi) is 6.50. The Morgan fingerprint density at radius 1 is 1.53 bits per heavy atom. The number of carboxylic acids is 1. The molecule has 0 radical (unpaired) electrons. The predicted octanol–water partition coefficient (Wildman–Crippen LogP) is -0.232. The highest BCUT2D eigenvalue weighted by molar-refractivity contribution is 5.77. The molecule has 0 aromatic carbocycles. The Balaban J connectivity index is 2.87. The van der Waals surface area contributed by atoms with Crippen molar-refractivity contribution in [2.45, 2.75) is 31.1 Å². The van der Waals surface area contributed by atoms with E-state index in [1.807, 2.05) is 0 Å². The second kappa shape index (κ2) is 7.89. The van der Waals surface area contributed by atoms with Gasteiger partial charge in [0.15, 0.2) is 0 Å². The second-order valence-electron chi connectivity index (χ2n) is 4.25. The summed E-state index contributed by atoms with van der Waals surface area (Å²) in [6.07, 6.45) is 0.388. The first-order valence-electron chi connectivity index (χ1n) is 6.08. The number of hydrogen-bond donors (Lipinski definition) is 1. The monoisotopic (exact) mass is 269 g/mol. The third kappa shape index (κ3) is 4.31. The fourth-order valence-electron chi connectivity index (χ4n) is 2.07. The molecule has 1 aliphatic heterocycles. The van der Waals surface area contributed by atoms with Crippen molar-refractivity contribution < 1.29 is 24.2 Å². The van der Waals surface area contributed by atoms with Crippen LogP contribution in [0.4, 0.5) is 0 Å². The summed E-state index contributed by atoms with van der Waals surface area (Å²) < 4.78 is 10.6. The number of ether oxygens (including phenoxy) is 2. The van der Waals surface area contributed by atoms with Gasteiger partial charge in [-0.25, -0.2) is 0 Å². The van der Waals surface area contributed by atoms with Gasteiger partial charge >= 0.3 is 5.97 Å². The molecule has 0 bridgehead atoms. The van der Waals surface area contributed by atoms with Gasteiger partial charge in [-0.2, -0.15) is 0 Å². The molecule has 6 nitrogen and oxygen atoms in total. The summed E-state index contributed by atoms with van der Waals surface area (Å²) in [5, 5.41) is 9.19. The molecule has 1 rings (SSSR count). The van der Waals surface area contributed by atoms with Gasteiger partial charge in [-0.05, 0) is 0 Å². The Morgan fingerprint density at radius 2 is 2.26 bits per heavy atom. The van der Waals surface area contributed by atoms with Crippen LogP contribution in [0.2, 0.25) is 0 Å². The third-order valence-electron chi connectivity index (χ3n) is 3.12. The molecule has 6 heteroatoms. The Morgan fingerprint density at radius 3 is 2.79 bits per heavy atom. The smallest absolute Gasteiger partial charge is 0.321 e. The lowest BCUT2D eigenvalue weighted by Gasteiger charge is -2.33. The third-order valence-corrected chi connectivity index (χ3v) is 3.12. The number of aliphatic carboxylic acids is 1. The summed E-state index contributed by atoms with van der Waals surface area (Å²) in [5.74, 6) is 4.88. The first-order valence-corrected chi connectivity index (χ1v) is 6.08. The van der Waals surface area contributed by atoms with Gasteiger partial charge < -0.3 is 19.4 Å². The SMILES string of the molecule is CO[C@H]1C#CCCN(C(CC=O)C(=O)O)C[C@@H]1OC. The summed E-state index contributed by atoms with van der Waals surface area (Å²) in [6.45, 7) is 0.864. The van der Waals surface area contributed by atoms with Crippen molar-refractivity contribution >= 4 is 12.3 Å². The number of carboxylic acid groups (broad SMARTS) is 1. The average molecular weight is 269 g/mol. The van der Waals surface area contributed by atoms with E-state index in [1.165, 1.54) is 14.2 Å². The lowest BCUT2D eigenvalue weighted by molar-refractivity contribution is -0.145. The Hall–Kier alpha value is -1.42. The van der Waals surface area contributed by atoms with E-state index >= 15 is 0 Å². The van der Waals surface area contributed by atoms with Gasteiger partial charge in [-0.1, -0.05) is 11.8 Å². The number of nitrogens with zero attached hydrogens (tertiary/aromatic N) is 1. The largest absolute Gasteiger partial charge is 0.480 e. The molecule has 0 saturated heterocycles. The molecule has 0 aromatic rings. The zero-order valence-electron chi connectivity index (χ0n) is 11.2. The van der Waals surface area contributed by atoms with Crippen LogP contribution in [0.25, 0.3) is 0 Å². The number of aldehydes is 1. The molecule has 1 N–H and O–H groups in total. The molecule has 106 valence electrons. The first kappa shape index (κ1) is 15.6. The van der Waals surface area contributed by atoms with E-state index in [2.05, 4.69) is 11.8 Å². The van der Waals surface area contributed by atoms with Crippen LogP contribution in [0.1, 0.15) is 12.8 Å². The maximum Gasteiger partial charge on any atom is 0.321 e. The summed E-state index contributed by atoms with van der Waals surface area (Å²) >= 11 is 0. The van der Waals surface area contributed by atoms with Crippen molar-refractivity contribution in [3.63, 3.8) is 0 Å². The van der Waals surface area contributed by atoms with Crippen molar-refractivity contribution in [1.82, 2.24) is 4.90 Å². The van der Waals surface area contributed by atoms with Crippen LogP contribution in [0, 0.1) is 11.8 Å². The topological polar surface area (TPSA) is 76.1 Å². The van der Waals surface area contributed by atoms with E-state index in [0.717, 1.165) is 0 Å². The molecule has 0 saturated carbocycles. The van der Waals surface area contributed by atoms with Gasteiger partial charge in [-0.15, -0.1) is 0 Å². The molecule has 19 heavy (non-hydrogen) atoms. The highest BCUT2D eigenvalue weighted by Crippen LogP contribution is 2.13. The molecule has 1 heterocycles. The van der Waals surface area contributed by atoms with Crippen LogP contribution in [0.3, 0.4) is 0 Å². The lowest BCUT2D eigenvalue weighted by atomic mass is 10.1. The lowest BCUT2D eigenvalue weighted by Crippen LogP contribution is -2.49. The molecule has 0 aliphatic carbocycles. The van der Waals surface area contributed by atoms with Crippen LogP contribution in [-0.4, -0.2) is 67.8 Å². The van der Waals surface area contributed by atoms with Crippen LogP contribution in [-0.2, 0) is 19.1 Å². The summed E-state index contributed by atoms with van der Waals surface area (Å²) in [7, 11) is 3.07. The van der Waals surface area contributed by atoms with E-state index in [4.69, 9.17) is 9.47 Å². The Labute approximate surface area is 112 Å². The first-order chi connectivity index (χ1) is 9.13. The standard InChI is InChI=1S/C13H19NO5/c1-18-11-5-3-4-7-14(9-12(11)19-2)10(6-8-15)13(16)17/h8,10-12H,4,6-7,9H2,1-2H3,(H,16,17)/t10?,11-,12-/m0/s1. The number of hydrogen-bond acceptors (Lipinski definition) is 5. The number of methoxy groups -OCH3 is 2. The highest BCUT2D eigenvalue weighted by atomic mass is 16.5. The van der Waals surface area contributed by atoms with Crippen molar-refractivity contribution in [2.24, 2.45) is 0 Å². The molecule has 0 amide bonds. The molecular formula is C13H19NO5. The number of carbonyl (C=O) groups is 2. The van der Waals surface area contributed by atoms with Gasteiger partial charge in [0.25, 0.3) is 0 Å². The van der Waals surface area contributed by atoms with Crippen molar-refractivity contribution in [3.05, 3.63) is 0 Å². The van der Waals surface area contributed by atoms with Crippen molar-refractivity contribution in [1.29, 1.82) is 0 Å². The molecule has 3 atom stereocenters. The van der Waals surface area contributed by atoms with Crippen LogP contribution >= 0.6 is 0 Å². The van der Waals surface area contributed by atoms with E-state index in [1.54, 1.807) is 4.90 Å². The second-order valence-corrected chi connectivity index (χ2v) is 4.25. The summed E-state index contributed by atoms with van der Waals surface area (Å²) in [4.78, 5) is 23.6. The zero-order valence-corrected chi connectivity index (χ0v) is 11.2. The minimum absolute atomic E-state index is 0.0448. The average Bonchev–Trinajstić information content (AvgIpc) is 2.37. The van der Waals surface area contributed by atoms with E-state index in [-0.39, 0.29) is 12.5 Å². The van der Waals surface area contributed by atoms with Gasteiger partial charge in [0.05, 0.1) is 0 Å². The van der Waals surface area contributed by atoms with Crippen LogP contribution < -0.4 is 0 Å². The molecule has 0 spiro atoms. The molecule has 1 unspecified atom stereocenters. The fourth-order valence-corrected chi connectivity index (χ4v) is 2.07. The van der Waals surface area contributed by atoms with E-state index in [0.29, 0.717) is 25.8 Å². The van der Waals surface area contributed by atoms with Crippen LogP contribution in [0.5, 0.6) is 0 Å². The summed E-state index contributed by atoms with van der Waals surface area (Å²) in [6, 6.07) is -0.840. The predicted molar refractivity (Wildman–Crippen MR) is 67.7 cm³/mol. The quantitative estimate of drug-likeness (QED) is 0.530. The van der Waals surface area contributed by atoms with E-state index < -0.39 is 18.1 Å². The summed E-state index contributed by atoms with van der Waals surface area (Å²) in [5.41, 5.74) is 0. The zero-order chi connectivity index (χ0) is 14.3. The molecule has 0 aromatic heterocycles. The van der Waals surface area contributed by atoms with E-state index in [9.17, 15) is 14.7 Å². The number of rotatable bonds is 6.